The molecule has 0 unspecified atom stereocenters. The third kappa shape index (κ3) is 4.11. The van der Waals surface area contributed by atoms with Gasteiger partial charge < -0.3 is 0 Å². The van der Waals surface area contributed by atoms with Gasteiger partial charge in [-0.1, -0.05) is 122 Å². The quantitative estimate of drug-likeness (QED) is 0.227. The molecule has 0 aliphatic heterocycles. The maximum Gasteiger partial charge on any atom is 0.125 e. The molecule has 1 nitrogen and oxygen atoms in total. The molecule has 0 saturated heterocycles. The number of hydrogen-bond donors (Lipinski definition) is 0. The van der Waals surface area contributed by atoms with Crippen LogP contribution < -0.4 is 5.19 Å². The lowest BCUT2D eigenvalue weighted by Crippen LogP contribution is -2.37. The maximum atomic E-state index is 4.93. The fourth-order valence-electron chi connectivity index (χ4n) is 4.73. The van der Waals surface area contributed by atoms with Gasteiger partial charge in [-0.2, -0.15) is 0 Å². The van der Waals surface area contributed by atoms with E-state index in [-0.39, 0.29) is 0 Å². The maximum absolute atomic E-state index is 4.93. The van der Waals surface area contributed by atoms with E-state index in [0.717, 1.165) is 10.5 Å². The Kier molecular flexibility index (Phi) is 5.40. The first kappa shape index (κ1) is 22.0. The molecule has 0 amide bonds. The minimum Gasteiger partial charge on any atom is -0.236 e. The van der Waals surface area contributed by atoms with Crippen molar-refractivity contribution in [1.29, 1.82) is 0 Å². The second-order valence-electron chi connectivity index (χ2n) is 10.1. The van der Waals surface area contributed by atoms with Gasteiger partial charge in [0.2, 0.25) is 0 Å². The number of aromatic nitrogens is 1. The predicted molar refractivity (Wildman–Crippen MR) is 156 cm³/mol. The van der Waals surface area contributed by atoms with Crippen molar-refractivity contribution in [3.63, 3.8) is 0 Å². The van der Waals surface area contributed by atoms with Crippen molar-refractivity contribution >= 4 is 45.6 Å². The van der Waals surface area contributed by atoms with Gasteiger partial charge in [0.25, 0.3) is 0 Å². The smallest absolute Gasteiger partial charge is 0.125 e. The zero-order valence-electron chi connectivity index (χ0n) is 20.2. The average molecular weight is 486 g/mol. The molecule has 0 radical (unpaired) electrons. The first-order valence-electron chi connectivity index (χ1n) is 12.1. The number of thiazole rings is 1. The molecule has 35 heavy (non-hydrogen) atoms. The van der Waals surface area contributed by atoms with Gasteiger partial charge in [-0.25, -0.2) is 4.98 Å². The molecule has 170 valence electrons. The minimum atomic E-state index is -1.34. The van der Waals surface area contributed by atoms with Gasteiger partial charge in [0.1, 0.15) is 5.01 Å². The van der Waals surface area contributed by atoms with Crippen LogP contribution in [0, 0.1) is 0 Å². The van der Waals surface area contributed by atoms with Gasteiger partial charge in [0.05, 0.1) is 18.3 Å². The highest BCUT2D eigenvalue weighted by molar-refractivity contribution is 7.21. The third-order valence-electron chi connectivity index (χ3n) is 6.71. The van der Waals surface area contributed by atoms with Crippen molar-refractivity contribution in [3.8, 4) is 32.8 Å². The molecular weight excluding hydrogens is 459 g/mol. The lowest BCUT2D eigenvalue weighted by Gasteiger charge is -2.17. The molecule has 6 rings (SSSR count). The van der Waals surface area contributed by atoms with Crippen LogP contribution in [0.2, 0.25) is 19.6 Å². The van der Waals surface area contributed by atoms with E-state index in [9.17, 15) is 0 Å². The van der Waals surface area contributed by atoms with Crippen LogP contribution >= 0.6 is 11.3 Å². The van der Waals surface area contributed by atoms with Crippen molar-refractivity contribution in [1.82, 2.24) is 4.98 Å². The average Bonchev–Trinajstić information content (AvgIpc) is 3.32. The number of fused-ring (bicyclic) bond motifs is 2. The van der Waals surface area contributed by atoms with Gasteiger partial charge in [-0.3, -0.25) is 0 Å². The number of nitrogens with zero attached hydrogens (tertiary/aromatic N) is 1. The SMILES string of the molecule is C[Si](C)(C)c1cccc(-c2ccc(-c3ccc(-c4nc5ccccc5s4)c4ccccc34)cc2)c1. The van der Waals surface area contributed by atoms with Gasteiger partial charge >= 0.3 is 0 Å². The normalized spacial score (nSPS) is 11.9. The lowest BCUT2D eigenvalue weighted by atomic mass is 9.94. The van der Waals surface area contributed by atoms with E-state index in [4.69, 9.17) is 4.98 Å². The standard InChI is InChI=1S/C32H27NSSi/c1-35(2,3)25-10-8-9-24(21-25)22-15-17-23(18-16-22)26-19-20-29(28-12-5-4-11-27(26)28)32-33-30-13-6-7-14-31(30)34-32/h4-21H,1-3H3. The molecule has 0 atom stereocenters. The molecule has 0 N–H and O–H groups in total. The Bertz CT molecular complexity index is 1640. The predicted octanol–water partition coefficient (Wildman–Crippen LogP) is 9.00. The van der Waals surface area contributed by atoms with Crippen molar-refractivity contribution in [2.24, 2.45) is 0 Å². The summed E-state index contributed by atoms with van der Waals surface area (Å²) in [7, 11) is -1.34. The second-order valence-corrected chi connectivity index (χ2v) is 16.2. The summed E-state index contributed by atoms with van der Waals surface area (Å²) in [4.78, 5) is 4.93. The number of para-hydroxylation sites is 1. The van der Waals surface area contributed by atoms with Gasteiger partial charge in [-0.05, 0) is 45.2 Å². The molecule has 5 aromatic carbocycles. The van der Waals surface area contributed by atoms with Crippen molar-refractivity contribution in [3.05, 3.63) is 109 Å². The number of rotatable bonds is 4. The molecule has 1 heterocycles. The first-order chi connectivity index (χ1) is 17.0. The molecule has 3 heteroatoms. The van der Waals surface area contributed by atoms with E-state index < -0.39 is 8.07 Å². The third-order valence-corrected chi connectivity index (χ3v) is 9.82. The summed E-state index contributed by atoms with van der Waals surface area (Å²) in [6.07, 6.45) is 0. The van der Waals surface area contributed by atoms with Crippen LogP contribution in [0.15, 0.2) is 109 Å². The van der Waals surface area contributed by atoms with Crippen molar-refractivity contribution in [2.45, 2.75) is 19.6 Å². The van der Waals surface area contributed by atoms with E-state index in [1.54, 1.807) is 11.3 Å². The Hall–Kier alpha value is -3.53. The Labute approximate surface area is 211 Å². The highest BCUT2D eigenvalue weighted by Gasteiger charge is 2.17. The van der Waals surface area contributed by atoms with Crippen LogP contribution in [0.25, 0.3) is 53.8 Å². The highest BCUT2D eigenvalue weighted by atomic mass is 32.1. The molecular formula is C32H27NSSi. The van der Waals surface area contributed by atoms with Crippen LogP contribution in [0.5, 0.6) is 0 Å². The number of benzene rings is 5. The molecule has 1 aromatic heterocycles. The van der Waals surface area contributed by atoms with Crippen LogP contribution in [0.1, 0.15) is 0 Å². The minimum absolute atomic E-state index is 1.06. The Balaban J connectivity index is 1.41. The molecule has 0 bridgehead atoms. The summed E-state index contributed by atoms with van der Waals surface area (Å²) in [6, 6.07) is 39.7. The zero-order chi connectivity index (χ0) is 24.0. The second kappa shape index (κ2) is 8.60. The van der Waals surface area contributed by atoms with Crippen LogP contribution in [0.3, 0.4) is 0 Å². The Morgan fingerprint density at radius 2 is 1.23 bits per heavy atom. The molecule has 6 aromatic rings. The van der Waals surface area contributed by atoms with Crippen molar-refractivity contribution in [2.75, 3.05) is 0 Å². The molecule has 0 spiro atoms. The van der Waals surface area contributed by atoms with E-state index >= 15 is 0 Å². The van der Waals surface area contributed by atoms with Gasteiger partial charge in [0, 0.05) is 5.56 Å². The summed E-state index contributed by atoms with van der Waals surface area (Å²) in [5.74, 6) is 0. The van der Waals surface area contributed by atoms with E-state index in [1.165, 1.54) is 48.5 Å². The van der Waals surface area contributed by atoms with Crippen LogP contribution in [0.4, 0.5) is 0 Å². The summed E-state index contributed by atoms with van der Waals surface area (Å²) in [5, 5.41) is 5.08. The number of hydrogen-bond acceptors (Lipinski definition) is 2. The monoisotopic (exact) mass is 485 g/mol. The van der Waals surface area contributed by atoms with E-state index in [0.29, 0.717) is 0 Å². The zero-order valence-corrected chi connectivity index (χ0v) is 22.1. The van der Waals surface area contributed by atoms with Crippen LogP contribution in [-0.2, 0) is 0 Å². The lowest BCUT2D eigenvalue weighted by molar-refractivity contribution is 1.49. The highest BCUT2D eigenvalue weighted by Crippen LogP contribution is 2.38. The molecule has 0 fully saturated rings. The summed E-state index contributed by atoms with van der Waals surface area (Å²) in [6.45, 7) is 7.20. The fourth-order valence-corrected chi connectivity index (χ4v) is 6.92. The van der Waals surface area contributed by atoms with E-state index in [2.05, 4.69) is 129 Å². The molecule has 0 saturated carbocycles. The Morgan fingerprint density at radius 1 is 0.571 bits per heavy atom. The van der Waals surface area contributed by atoms with Gasteiger partial charge in [-0.15, -0.1) is 11.3 Å². The summed E-state index contributed by atoms with van der Waals surface area (Å²) in [5.41, 5.74) is 7.33. The van der Waals surface area contributed by atoms with Crippen LogP contribution in [-0.4, -0.2) is 13.1 Å². The van der Waals surface area contributed by atoms with E-state index in [1.807, 2.05) is 0 Å². The summed E-state index contributed by atoms with van der Waals surface area (Å²) < 4.78 is 1.23. The topological polar surface area (TPSA) is 12.9 Å². The Morgan fingerprint density at radius 3 is 1.97 bits per heavy atom. The fraction of sp³-hybridized carbons (Fsp3) is 0.0938. The van der Waals surface area contributed by atoms with Crippen molar-refractivity contribution < 1.29 is 0 Å². The first-order valence-corrected chi connectivity index (χ1v) is 16.4. The molecule has 0 aliphatic carbocycles. The largest absolute Gasteiger partial charge is 0.236 e. The van der Waals surface area contributed by atoms with Gasteiger partial charge in [0.15, 0.2) is 0 Å². The summed E-state index contributed by atoms with van der Waals surface area (Å²) >= 11 is 1.76. The molecule has 0 aliphatic rings.